The summed E-state index contributed by atoms with van der Waals surface area (Å²) < 4.78 is 25.1. The number of ether oxygens (including phenoxy) is 1. The number of allylic oxidation sites excluding steroid dienone is 1. The predicted octanol–water partition coefficient (Wildman–Crippen LogP) is 4.64. The first-order valence-electron chi connectivity index (χ1n) is 10.0. The summed E-state index contributed by atoms with van der Waals surface area (Å²) in [5.74, 6) is 0.388. The number of nitrogens with zero attached hydrogens (tertiary/aromatic N) is 2. The molecule has 0 N–H and O–H groups in total. The number of fused-ring (bicyclic) bond motifs is 1. The van der Waals surface area contributed by atoms with E-state index in [0.717, 1.165) is 27.7 Å². The van der Waals surface area contributed by atoms with Gasteiger partial charge in [-0.05, 0) is 43.2 Å². The number of methoxy groups -OCH3 is 1. The molecule has 0 aliphatic carbocycles. The van der Waals surface area contributed by atoms with Crippen LogP contribution in [0.25, 0.3) is 16.5 Å². The van der Waals surface area contributed by atoms with Gasteiger partial charge >= 0.3 is 0 Å². The number of anilines is 1. The van der Waals surface area contributed by atoms with Crippen molar-refractivity contribution < 1.29 is 18.3 Å². The zero-order valence-corrected chi connectivity index (χ0v) is 17.4. The van der Waals surface area contributed by atoms with Crippen molar-refractivity contribution in [3.8, 4) is 5.75 Å². The third-order valence-electron chi connectivity index (χ3n) is 5.64. The average Bonchev–Trinajstić information content (AvgIpc) is 3.13. The number of amides is 1. The van der Waals surface area contributed by atoms with Crippen molar-refractivity contribution >= 4 is 28.1 Å². The SMILES string of the molecule is COc1cc2occ(C)c2cc1/C(C)=C/C(=O)N1CCN(c2ccccc2F)CC1. The van der Waals surface area contributed by atoms with Crippen LogP contribution in [0.3, 0.4) is 0 Å². The fraction of sp³-hybridized carbons (Fsp3) is 0.292. The quantitative estimate of drug-likeness (QED) is 0.590. The minimum atomic E-state index is -0.231. The molecule has 1 aromatic heterocycles. The lowest BCUT2D eigenvalue weighted by Crippen LogP contribution is -2.48. The van der Waals surface area contributed by atoms with Gasteiger partial charge < -0.3 is 19.0 Å². The van der Waals surface area contributed by atoms with E-state index >= 15 is 0 Å². The minimum Gasteiger partial charge on any atom is -0.496 e. The number of carbonyl (C=O) groups excluding carboxylic acids is 1. The van der Waals surface area contributed by atoms with Gasteiger partial charge in [-0.3, -0.25) is 4.79 Å². The van der Waals surface area contributed by atoms with E-state index in [4.69, 9.17) is 9.15 Å². The van der Waals surface area contributed by atoms with Gasteiger partial charge in [0.15, 0.2) is 0 Å². The fourth-order valence-electron chi connectivity index (χ4n) is 3.89. The van der Waals surface area contributed by atoms with Crippen molar-refractivity contribution in [3.63, 3.8) is 0 Å². The van der Waals surface area contributed by atoms with Gasteiger partial charge in [-0.1, -0.05) is 12.1 Å². The Hall–Kier alpha value is -3.28. The van der Waals surface area contributed by atoms with E-state index in [1.54, 1.807) is 36.5 Å². The van der Waals surface area contributed by atoms with Gasteiger partial charge in [0.25, 0.3) is 0 Å². The molecule has 4 rings (SSSR count). The van der Waals surface area contributed by atoms with Gasteiger partial charge in [0, 0.05) is 49.3 Å². The van der Waals surface area contributed by atoms with E-state index in [0.29, 0.717) is 37.6 Å². The molecule has 0 atom stereocenters. The zero-order chi connectivity index (χ0) is 21.3. The summed E-state index contributed by atoms with van der Waals surface area (Å²) in [5, 5.41) is 1.00. The molecule has 1 saturated heterocycles. The zero-order valence-electron chi connectivity index (χ0n) is 17.4. The molecule has 156 valence electrons. The standard InChI is InChI=1S/C24H25FN2O3/c1-16(18-13-19-17(2)15-30-23(19)14-22(18)29-3)12-24(28)27-10-8-26(9-11-27)21-7-5-4-6-20(21)25/h4-7,12-15H,8-11H2,1-3H3/b16-12+. The maximum absolute atomic E-state index is 14.0. The van der Waals surface area contributed by atoms with Crippen LogP contribution in [0.1, 0.15) is 18.1 Å². The number of halogens is 1. The normalized spacial score (nSPS) is 15.0. The van der Waals surface area contributed by atoms with Crippen LogP contribution in [-0.2, 0) is 4.79 Å². The molecule has 1 aliphatic heterocycles. The number of carbonyl (C=O) groups is 1. The van der Waals surface area contributed by atoms with Gasteiger partial charge in [0.2, 0.25) is 5.91 Å². The van der Waals surface area contributed by atoms with E-state index < -0.39 is 0 Å². The van der Waals surface area contributed by atoms with Crippen molar-refractivity contribution in [1.29, 1.82) is 0 Å². The molecular weight excluding hydrogens is 383 g/mol. The molecular formula is C24H25FN2O3. The first-order valence-corrected chi connectivity index (χ1v) is 10.0. The van der Waals surface area contributed by atoms with Crippen LogP contribution >= 0.6 is 0 Å². The van der Waals surface area contributed by atoms with Gasteiger partial charge in [-0.25, -0.2) is 4.39 Å². The number of para-hydroxylation sites is 1. The molecule has 2 heterocycles. The highest BCUT2D eigenvalue weighted by molar-refractivity contribution is 5.97. The van der Waals surface area contributed by atoms with Crippen molar-refractivity contribution in [2.24, 2.45) is 0 Å². The highest BCUT2D eigenvalue weighted by Gasteiger charge is 2.22. The van der Waals surface area contributed by atoms with E-state index in [1.807, 2.05) is 36.9 Å². The number of aryl methyl sites for hydroxylation is 1. The molecule has 0 radical (unpaired) electrons. The van der Waals surface area contributed by atoms with Crippen LogP contribution in [0.5, 0.6) is 5.75 Å². The third-order valence-corrected chi connectivity index (χ3v) is 5.64. The van der Waals surface area contributed by atoms with E-state index in [1.165, 1.54) is 6.07 Å². The molecule has 5 nitrogen and oxygen atoms in total. The molecule has 1 fully saturated rings. The lowest BCUT2D eigenvalue weighted by Gasteiger charge is -2.35. The summed E-state index contributed by atoms with van der Waals surface area (Å²) in [6.07, 6.45) is 3.37. The van der Waals surface area contributed by atoms with Crippen LogP contribution < -0.4 is 9.64 Å². The largest absolute Gasteiger partial charge is 0.496 e. The molecule has 0 bridgehead atoms. The van der Waals surface area contributed by atoms with Gasteiger partial charge in [-0.15, -0.1) is 0 Å². The van der Waals surface area contributed by atoms with Crippen LogP contribution in [0.4, 0.5) is 10.1 Å². The van der Waals surface area contributed by atoms with E-state index in [9.17, 15) is 9.18 Å². The number of furan rings is 1. The highest BCUT2D eigenvalue weighted by Crippen LogP contribution is 2.33. The Morgan fingerprint density at radius 1 is 1.17 bits per heavy atom. The maximum atomic E-state index is 14.0. The first kappa shape index (κ1) is 20.0. The Labute approximate surface area is 175 Å². The van der Waals surface area contributed by atoms with Gasteiger partial charge in [-0.2, -0.15) is 0 Å². The summed E-state index contributed by atoms with van der Waals surface area (Å²) in [5.41, 5.74) is 4.09. The number of rotatable bonds is 4. The molecule has 3 aromatic rings. The predicted molar refractivity (Wildman–Crippen MR) is 116 cm³/mol. The third kappa shape index (κ3) is 3.77. The molecule has 0 unspecified atom stereocenters. The molecule has 6 heteroatoms. The van der Waals surface area contributed by atoms with Crippen molar-refractivity contribution in [1.82, 2.24) is 4.90 Å². The minimum absolute atomic E-state index is 0.0493. The monoisotopic (exact) mass is 408 g/mol. The van der Waals surface area contributed by atoms with Crippen LogP contribution in [0, 0.1) is 12.7 Å². The highest BCUT2D eigenvalue weighted by atomic mass is 19.1. The van der Waals surface area contributed by atoms with Gasteiger partial charge in [0.05, 0.1) is 19.1 Å². The molecule has 1 aliphatic rings. The Kier molecular flexibility index (Phi) is 5.48. The number of hydrogen-bond donors (Lipinski definition) is 0. The molecule has 1 amide bonds. The molecule has 0 saturated carbocycles. The Morgan fingerprint density at radius 3 is 2.60 bits per heavy atom. The molecule has 30 heavy (non-hydrogen) atoms. The molecule has 0 spiro atoms. The summed E-state index contributed by atoms with van der Waals surface area (Å²) in [6, 6.07) is 10.6. The second-order valence-electron chi connectivity index (χ2n) is 7.56. The fourth-order valence-corrected chi connectivity index (χ4v) is 3.89. The summed E-state index contributed by atoms with van der Waals surface area (Å²) in [4.78, 5) is 16.7. The average molecular weight is 408 g/mol. The van der Waals surface area contributed by atoms with Gasteiger partial charge in [0.1, 0.15) is 17.1 Å². The number of benzene rings is 2. The second-order valence-corrected chi connectivity index (χ2v) is 7.56. The number of hydrogen-bond acceptors (Lipinski definition) is 4. The van der Waals surface area contributed by atoms with Crippen molar-refractivity contribution in [3.05, 3.63) is 65.7 Å². The lowest BCUT2D eigenvalue weighted by atomic mass is 10.0. The smallest absolute Gasteiger partial charge is 0.246 e. The van der Waals surface area contributed by atoms with Crippen LogP contribution in [-0.4, -0.2) is 44.1 Å². The summed E-state index contributed by atoms with van der Waals surface area (Å²) >= 11 is 0. The van der Waals surface area contributed by atoms with E-state index in [2.05, 4.69) is 0 Å². The maximum Gasteiger partial charge on any atom is 0.246 e. The van der Waals surface area contributed by atoms with Crippen molar-refractivity contribution in [2.45, 2.75) is 13.8 Å². The first-order chi connectivity index (χ1) is 14.5. The summed E-state index contributed by atoms with van der Waals surface area (Å²) in [6.45, 7) is 6.20. The Balaban J connectivity index is 1.50. The number of piperazine rings is 1. The van der Waals surface area contributed by atoms with E-state index in [-0.39, 0.29) is 11.7 Å². The summed E-state index contributed by atoms with van der Waals surface area (Å²) in [7, 11) is 1.61. The topological polar surface area (TPSA) is 45.9 Å². The molecule has 2 aromatic carbocycles. The Morgan fingerprint density at radius 2 is 1.90 bits per heavy atom. The second kappa shape index (κ2) is 8.22. The van der Waals surface area contributed by atoms with Crippen LogP contribution in [0.2, 0.25) is 0 Å². The Bertz CT molecular complexity index is 1110. The van der Waals surface area contributed by atoms with Crippen molar-refractivity contribution in [2.75, 3.05) is 38.2 Å². The lowest BCUT2D eigenvalue weighted by molar-refractivity contribution is -0.126. The van der Waals surface area contributed by atoms with Crippen LogP contribution in [0.15, 0.2) is 53.2 Å².